The Kier molecular flexibility index (Phi) is 6.04. The van der Waals surface area contributed by atoms with Crippen LogP contribution in [0.2, 0.25) is 5.04 Å². The summed E-state index contributed by atoms with van der Waals surface area (Å²) in [6.45, 7) is 7.04. The van der Waals surface area contributed by atoms with Gasteiger partial charge in [0.1, 0.15) is 5.75 Å². The number of hydrogen-bond acceptors (Lipinski definition) is 2. The van der Waals surface area contributed by atoms with E-state index in [4.69, 9.17) is 4.43 Å². The lowest BCUT2D eigenvalue weighted by atomic mass is 10.2. The minimum atomic E-state index is -2.57. The van der Waals surface area contributed by atoms with Crippen LogP contribution in [0.25, 0.3) is 0 Å². The van der Waals surface area contributed by atoms with E-state index in [9.17, 15) is 5.11 Å². The molecule has 0 aliphatic heterocycles. The van der Waals surface area contributed by atoms with Gasteiger partial charge in [0.05, 0.1) is 12.2 Å². The molecule has 28 heavy (non-hydrogen) atoms. The molecule has 0 fully saturated rings. The average Bonchev–Trinajstić information content (AvgIpc) is 2.70. The third kappa shape index (κ3) is 4.04. The highest BCUT2D eigenvalue weighted by Gasteiger charge is 2.49. The summed E-state index contributed by atoms with van der Waals surface area (Å²) < 4.78 is 6.71. The molecule has 0 spiro atoms. The Morgan fingerprint density at radius 2 is 1.29 bits per heavy atom. The van der Waals surface area contributed by atoms with Gasteiger partial charge in [-0.25, -0.2) is 0 Å². The van der Waals surface area contributed by atoms with Crippen molar-refractivity contribution in [2.24, 2.45) is 0 Å². The molecular weight excluding hydrogens is 360 g/mol. The standard InChI is InChI=1S/C25H26O2Si/c1-25(2,3)28(22-15-6-4-7-16-22,23-17-8-5-9-18-23)27-20-12-14-21-13-10-11-19-24(21)26/h4-11,13,15-19,26H,20H2,1-3H3. The Labute approximate surface area is 169 Å². The number of hydrogen-bond donors (Lipinski definition) is 1. The molecule has 1 N–H and O–H groups in total. The van der Waals surface area contributed by atoms with Crippen molar-refractivity contribution in [1.29, 1.82) is 0 Å². The van der Waals surface area contributed by atoms with Gasteiger partial charge in [0, 0.05) is 0 Å². The molecule has 3 heteroatoms. The summed E-state index contributed by atoms with van der Waals surface area (Å²) in [5, 5.41) is 12.3. The molecule has 0 amide bonds. The van der Waals surface area contributed by atoms with E-state index < -0.39 is 8.32 Å². The Balaban J connectivity index is 2.01. The number of benzene rings is 3. The van der Waals surface area contributed by atoms with Gasteiger partial charge in [-0.15, -0.1) is 0 Å². The average molecular weight is 387 g/mol. The van der Waals surface area contributed by atoms with E-state index in [0.717, 1.165) is 0 Å². The summed E-state index contributed by atoms with van der Waals surface area (Å²) in [6, 6.07) is 28.1. The lowest BCUT2D eigenvalue weighted by Gasteiger charge is -2.42. The quantitative estimate of drug-likeness (QED) is 0.534. The third-order valence-electron chi connectivity index (χ3n) is 4.90. The van der Waals surface area contributed by atoms with Crippen molar-refractivity contribution in [2.75, 3.05) is 6.61 Å². The van der Waals surface area contributed by atoms with E-state index in [1.807, 2.05) is 24.3 Å². The first-order valence-electron chi connectivity index (χ1n) is 9.47. The van der Waals surface area contributed by atoms with Crippen LogP contribution in [-0.4, -0.2) is 20.0 Å². The molecule has 0 saturated carbocycles. The van der Waals surface area contributed by atoms with E-state index in [-0.39, 0.29) is 10.8 Å². The van der Waals surface area contributed by atoms with E-state index >= 15 is 0 Å². The Hall–Kier alpha value is -2.80. The lowest BCUT2D eigenvalue weighted by molar-refractivity contribution is 0.346. The molecule has 3 aromatic carbocycles. The molecule has 3 aromatic rings. The lowest BCUT2D eigenvalue weighted by Crippen LogP contribution is -2.66. The fourth-order valence-electron chi connectivity index (χ4n) is 3.62. The molecule has 0 atom stereocenters. The van der Waals surface area contributed by atoms with Crippen molar-refractivity contribution in [3.05, 3.63) is 90.5 Å². The number of para-hydroxylation sites is 1. The molecule has 0 aliphatic carbocycles. The van der Waals surface area contributed by atoms with Crippen LogP contribution in [-0.2, 0) is 4.43 Å². The van der Waals surface area contributed by atoms with Gasteiger partial charge in [0.25, 0.3) is 8.32 Å². The summed E-state index contributed by atoms with van der Waals surface area (Å²) in [4.78, 5) is 0. The fourth-order valence-corrected chi connectivity index (χ4v) is 8.06. The molecule has 0 radical (unpaired) electrons. The molecular formula is C25H26O2Si. The van der Waals surface area contributed by atoms with Crippen molar-refractivity contribution >= 4 is 18.7 Å². The smallest absolute Gasteiger partial charge is 0.262 e. The first-order valence-corrected chi connectivity index (χ1v) is 11.4. The maximum atomic E-state index is 9.92. The van der Waals surface area contributed by atoms with Crippen LogP contribution in [0.3, 0.4) is 0 Å². The minimum Gasteiger partial charge on any atom is -0.507 e. The first-order chi connectivity index (χ1) is 13.4. The van der Waals surface area contributed by atoms with Crippen LogP contribution in [0.15, 0.2) is 84.9 Å². The SMILES string of the molecule is CC(C)(C)[Si](OCC#Cc1ccccc1O)(c1ccccc1)c1ccccc1. The summed E-state index contributed by atoms with van der Waals surface area (Å²) in [5.41, 5.74) is 0.619. The first kappa shape index (κ1) is 19.9. The largest absolute Gasteiger partial charge is 0.507 e. The molecule has 0 bridgehead atoms. The van der Waals surface area contributed by atoms with Crippen LogP contribution < -0.4 is 10.4 Å². The maximum Gasteiger partial charge on any atom is 0.262 e. The monoisotopic (exact) mass is 386 g/mol. The zero-order chi connectivity index (χ0) is 20.0. The summed E-state index contributed by atoms with van der Waals surface area (Å²) in [5.74, 6) is 6.34. The molecule has 0 saturated heterocycles. The van der Waals surface area contributed by atoms with Gasteiger partial charge in [-0.2, -0.15) is 0 Å². The highest BCUT2D eigenvalue weighted by Crippen LogP contribution is 2.36. The van der Waals surface area contributed by atoms with Crippen molar-refractivity contribution in [3.8, 4) is 17.6 Å². The van der Waals surface area contributed by atoms with E-state index in [0.29, 0.717) is 12.2 Å². The zero-order valence-electron chi connectivity index (χ0n) is 16.6. The molecule has 0 unspecified atom stereocenters. The number of phenolic OH excluding ortho intramolecular Hbond substituents is 1. The summed E-state index contributed by atoms with van der Waals surface area (Å²) in [6.07, 6.45) is 0. The van der Waals surface area contributed by atoms with Gasteiger partial charge in [-0.3, -0.25) is 0 Å². The van der Waals surface area contributed by atoms with Gasteiger partial charge in [0.2, 0.25) is 0 Å². The van der Waals surface area contributed by atoms with Crippen molar-refractivity contribution in [3.63, 3.8) is 0 Å². The highest BCUT2D eigenvalue weighted by atomic mass is 28.4. The van der Waals surface area contributed by atoms with Gasteiger partial charge >= 0.3 is 0 Å². The Morgan fingerprint density at radius 3 is 1.79 bits per heavy atom. The van der Waals surface area contributed by atoms with E-state index in [2.05, 4.69) is 81.1 Å². The number of aromatic hydroxyl groups is 1. The van der Waals surface area contributed by atoms with E-state index in [1.165, 1.54) is 10.4 Å². The van der Waals surface area contributed by atoms with Crippen LogP contribution >= 0.6 is 0 Å². The second-order valence-corrected chi connectivity index (χ2v) is 12.1. The zero-order valence-corrected chi connectivity index (χ0v) is 17.6. The summed E-state index contributed by atoms with van der Waals surface area (Å²) in [7, 11) is -2.57. The minimum absolute atomic E-state index is 0.0771. The van der Waals surface area contributed by atoms with Crippen LogP contribution in [0.4, 0.5) is 0 Å². The van der Waals surface area contributed by atoms with Crippen molar-refractivity contribution < 1.29 is 9.53 Å². The topological polar surface area (TPSA) is 29.5 Å². The molecule has 0 aliphatic rings. The third-order valence-corrected chi connectivity index (χ3v) is 9.89. The maximum absolute atomic E-state index is 9.92. The second kappa shape index (κ2) is 8.47. The Morgan fingerprint density at radius 1 is 0.786 bits per heavy atom. The van der Waals surface area contributed by atoms with Crippen LogP contribution in [0.5, 0.6) is 5.75 Å². The van der Waals surface area contributed by atoms with Gasteiger partial charge in [-0.05, 0) is 27.5 Å². The predicted molar refractivity (Wildman–Crippen MR) is 119 cm³/mol. The predicted octanol–water partition coefficient (Wildman–Crippen LogP) is 4.32. The molecule has 0 heterocycles. The van der Waals surface area contributed by atoms with Crippen LogP contribution in [0.1, 0.15) is 26.3 Å². The molecule has 2 nitrogen and oxygen atoms in total. The Bertz CT molecular complexity index is 924. The van der Waals surface area contributed by atoms with Crippen LogP contribution in [0, 0.1) is 11.8 Å². The van der Waals surface area contributed by atoms with Gasteiger partial charge < -0.3 is 9.53 Å². The second-order valence-electron chi connectivity index (χ2n) is 7.77. The molecule has 0 aromatic heterocycles. The molecule has 142 valence electrons. The highest BCUT2D eigenvalue weighted by molar-refractivity contribution is 6.99. The van der Waals surface area contributed by atoms with Crippen molar-refractivity contribution in [2.45, 2.75) is 25.8 Å². The van der Waals surface area contributed by atoms with Gasteiger partial charge in [-0.1, -0.05) is 105 Å². The molecule has 3 rings (SSSR count). The number of phenols is 1. The number of rotatable bonds is 4. The van der Waals surface area contributed by atoms with Gasteiger partial charge in [0.15, 0.2) is 0 Å². The normalized spacial score (nSPS) is 11.5. The fraction of sp³-hybridized carbons (Fsp3) is 0.200. The van der Waals surface area contributed by atoms with E-state index in [1.54, 1.807) is 12.1 Å². The summed E-state index contributed by atoms with van der Waals surface area (Å²) >= 11 is 0. The van der Waals surface area contributed by atoms with Crippen molar-refractivity contribution in [1.82, 2.24) is 0 Å².